The zero-order chi connectivity index (χ0) is 9.52. The molecule has 1 fully saturated rings. The fraction of sp³-hybridized carbons (Fsp3) is 0.900. The van der Waals surface area contributed by atoms with Gasteiger partial charge in [0, 0.05) is 26.1 Å². The van der Waals surface area contributed by atoms with Crippen molar-refractivity contribution in [1.82, 2.24) is 5.32 Å². The van der Waals surface area contributed by atoms with Gasteiger partial charge in [0.2, 0.25) is 0 Å². The summed E-state index contributed by atoms with van der Waals surface area (Å²) in [6, 6.07) is 2.75. The molecule has 0 radical (unpaired) electrons. The van der Waals surface area contributed by atoms with Crippen LogP contribution in [0, 0.1) is 11.3 Å². The van der Waals surface area contributed by atoms with E-state index in [1.54, 1.807) is 7.11 Å². The van der Waals surface area contributed by atoms with Crippen LogP contribution in [0.15, 0.2) is 0 Å². The van der Waals surface area contributed by atoms with Crippen LogP contribution in [-0.4, -0.2) is 25.8 Å². The minimum Gasteiger partial charge on any atom is -0.381 e. The number of hydrogen-bond donors (Lipinski definition) is 1. The van der Waals surface area contributed by atoms with Crippen molar-refractivity contribution in [3.05, 3.63) is 0 Å². The first kappa shape index (κ1) is 10.5. The third kappa shape index (κ3) is 3.75. The van der Waals surface area contributed by atoms with E-state index in [0.717, 1.165) is 19.4 Å². The van der Waals surface area contributed by atoms with Crippen molar-refractivity contribution in [2.75, 3.05) is 13.7 Å². The highest BCUT2D eigenvalue weighted by Gasteiger charge is 2.19. The molecule has 0 aromatic heterocycles. The summed E-state index contributed by atoms with van der Waals surface area (Å²) >= 11 is 0. The van der Waals surface area contributed by atoms with Crippen molar-refractivity contribution in [3.63, 3.8) is 0 Å². The Hall–Kier alpha value is -0.590. The van der Waals surface area contributed by atoms with E-state index in [1.165, 1.54) is 12.8 Å². The van der Waals surface area contributed by atoms with Crippen molar-refractivity contribution >= 4 is 0 Å². The number of nitrogens with one attached hydrogen (secondary N) is 1. The van der Waals surface area contributed by atoms with Crippen LogP contribution in [0.1, 0.15) is 32.1 Å². The summed E-state index contributed by atoms with van der Waals surface area (Å²) in [5.74, 6) is 0. The fourth-order valence-electron chi connectivity index (χ4n) is 1.83. The van der Waals surface area contributed by atoms with Crippen molar-refractivity contribution in [1.29, 1.82) is 5.26 Å². The van der Waals surface area contributed by atoms with E-state index in [4.69, 9.17) is 10.00 Å². The largest absolute Gasteiger partial charge is 0.381 e. The van der Waals surface area contributed by atoms with Gasteiger partial charge >= 0.3 is 0 Å². The topological polar surface area (TPSA) is 45.0 Å². The molecular formula is C10H18N2O. The highest BCUT2D eigenvalue weighted by atomic mass is 16.5. The van der Waals surface area contributed by atoms with E-state index >= 15 is 0 Å². The van der Waals surface area contributed by atoms with Gasteiger partial charge in [0.1, 0.15) is 0 Å². The Morgan fingerprint density at radius 1 is 1.38 bits per heavy atom. The van der Waals surface area contributed by atoms with Crippen LogP contribution >= 0.6 is 0 Å². The molecule has 3 nitrogen and oxygen atoms in total. The van der Waals surface area contributed by atoms with Gasteiger partial charge in [0.05, 0.1) is 12.2 Å². The van der Waals surface area contributed by atoms with Crippen LogP contribution in [0.3, 0.4) is 0 Å². The minimum absolute atomic E-state index is 0.467. The summed E-state index contributed by atoms with van der Waals surface area (Å²) in [5, 5.41) is 11.8. The Balaban J connectivity index is 2.07. The fourth-order valence-corrected chi connectivity index (χ4v) is 1.83. The molecule has 0 aromatic rings. The van der Waals surface area contributed by atoms with Crippen LogP contribution < -0.4 is 5.32 Å². The Morgan fingerprint density at radius 3 is 2.62 bits per heavy atom. The van der Waals surface area contributed by atoms with E-state index in [2.05, 4.69) is 11.4 Å². The number of nitriles is 1. The van der Waals surface area contributed by atoms with Crippen LogP contribution in [0.25, 0.3) is 0 Å². The molecule has 0 unspecified atom stereocenters. The first-order valence-corrected chi connectivity index (χ1v) is 5.00. The normalized spacial score (nSPS) is 28.3. The molecule has 13 heavy (non-hydrogen) atoms. The predicted molar refractivity (Wildman–Crippen MR) is 51.3 cm³/mol. The molecule has 0 spiro atoms. The molecule has 1 N–H and O–H groups in total. The first-order chi connectivity index (χ1) is 6.36. The van der Waals surface area contributed by atoms with E-state index < -0.39 is 0 Å². The molecule has 0 atom stereocenters. The number of hydrogen-bond acceptors (Lipinski definition) is 3. The first-order valence-electron chi connectivity index (χ1n) is 5.00. The van der Waals surface area contributed by atoms with Crippen LogP contribution in [0.4, 0.5) is 0 Å². The van der Waals surface area contributed by atoms with Crippen LogP contribution in [-0.2, 0) is 4.74 Å². The van der Waals surface area contributed by atoms with Gasteiger partial charge in [-0.25, -0.2) is 0 Å². The third-order valence-electron chi connectivity index (χ3n) is 2.68. The summed E-state index contributed by atoms with van der Waals surface area (Å²) < 4.78 is 5.28. The number of methoxy groups -OCH3 is 1. The van der Waals surface area contributed by atoms with Crippen molar-refractivity contribution in [2.45, 2.75) is 44.2 Å². The third-order valence-corrected chi connectivity index (χ3v) is 2.68. The van der Waals surface area contributed by atoms with Gasteiger partial charge in [0.15, 0.2) is 0 Å². The van der Waals surface area contributed by atoms with Gasteiger partial charge in [-0.3, -0.25) is 0 Å². The van der Waals surface area contributed by atoms with Crippen molar-refractivity contribution < 1.29 is 4.74 Å². The molecule has 1 rings (SSSR count). The highest BCUT2D eigenvalue weighted by molar-refractivity contribution is 4.79. The molecule has 1 aliphatic carbocycles. The summed E-state index contributed by atoms with van der Waals surface area (Å²) in [4.78, 5) is 0. The number of ether oxygens (including phenoxy) is 1. The Kier molecular flexibility index (Phi) is 4.81. The quantitative estimate of drug-likeness (QED) is 0.669. The molecule has 74 valence electrons. The summed E-state index contributed by atoms with van der Waals surface area (Å²) in [6.45, 7) is 0.832. The Bertz CT molecular complexity index is 168. The standard InChI is InChI=1S/C10H18N2O/c1-13-10-5-3-9(4-6-10)12-8-2-7-11/h9-10,12H,2-6,8H2,1H3. The van der Waals surface area contributed by atoms with Crippen LogP contribution in [0.2, 0.25) is 0 Å². The van der Waals surface area contributed by atoms with Gasteiger partial charge in [-0.2, -0.15) is 5.26 Å². The molecule has 3 heteroatoms. The Labute approximate surface area is 80.1 Å². The molecule has 0 aromatic carbocycles. The summed E-state index contributed by atoms with van der Waals surface area (Å²) in [5.41, 5.74) is 0. The van der Waals surface area contributed by atoms with Crippen molar-refractivity contribution in [3.8, 4) is 6.07 Å². The maximum Gasteiger partial charge on any atom is 0.0635 e. The molecule has 0 amide bonds. The van der Waals surface area contributed by atoms with Gasteiger partial charge in [-0.15, -0.1) is 0 Å². The average Bonchev–Trinajstić information content (AvgIpc) is 2.19. The van der Waals surface area contributed by atoms with E-state index in [0.29, 0.717) is 18.6 Å². The molecule has 0 bridgehead atoms. The predicted octanol–water partition coefficient (Wildman–Crippen LogP) is 1.45. The SMILES string of the molecule is COC1CCC(NCCC#N)CC1. The smallest absolute Gasteiger partial charge is 0.0635 e. The van der Waals surface area contributed by atoms with E-state index in [9.17, 15) is 0 Å². The molecule has 0 heterocycles. The second-order valence-corrected chi connectivity index (χ2v) is 3.57. The number of nitrogens with zero attached hydrogens (tertiary/aromatic N) is 1. The van der Waals surface area contributed by atoms with Crippen molar-refractivity contribution in [2.24, 2.45) is 0 Å². The Morgan fingerprint density at radius 2 is 2.08 bits per heavy atom. The van der Waals surface area contributed by atoms with Gasteiger partial charge < -0.3 is 10.1 Å². The maximum absolute atomic E-state index is 8.37. The molecule has 1 saturated carbocycles. The maximum atomic E-state index is 8.37. The lowest BCUT2D eigenvalue weighted by Gasteiger charge is -2.28. The summed E-state index contributed by atoms with van der Waals surface area (Å²) in [6.07, 6.45) is 5.76. The zero-order valence-corrected chi connectivity index (χ0v) is 8.25. The summed E-state index contributed by atoms with van der Waals surface area (Å²) in [7, 11) is 1.79. The lowest BCUT2D eigenvalue weighted by molar-refractivity contribution is 0.0627. The second kappa shape index (κ2) is 5.95. The van der Waals surface area contributed by atoms with Gasteiger partial charge in [-0.05, 0) is 25.7 Å². The monoisotopic (exact) mass is 182 g/mol. The zero-order valence-electron chi connectivity index (χ0n) is 8.25. The second-order valence-electron chi connectivity index (χ2n) is 3.57. The minimum atomic E-state index is 0.467. The average molecular weight is 182 g/mol. The molecule has 0 saturated heterocycles. The lowest BCUT2D eigenvalue weighted by Crippen LogP contribution is -2.35. The molecular weight excluding hydrogens is 164 g/mol. The lowest BCUT2D eigenvalue weighted by atomic mass is 9.93. The number of rotatable bonds is 4. The molecule has 0 aliphatic heterocycles. The van der Waals surface area contributed by atoms with Gasteiger partial charge in [-0.1, -0.05) is 0 Å². The van der Waals surface area contributed by atoms with Crippen LogP contribution in [0.5, 0.6) is 0 Å². The molecule has 1 aliphatic rings. The highest BCUT2D eigenvalue weighted by Crippen LogP contribution is 2.20. The van der Waals surface area contributed by atoms with E-state index in [-0.39, 0.29) is 0 Å². The van der Waals surface area contributed by atoms with Gasteiger partial charge in [0.25, 0.3) is 0 Å². The van der Waals surface area contributed by atoms with E-state index in [1.807, 2.05) is 0 Å².